The summed E-state index contributed by atoms with van der Waals surface area (Å²) in [6.07, 6.45) is 6.15. The smallest absolute Gasteiger partial charge is 0.312 e. The highest BCUT2D eigenvalue weighted by Crippen LogP contribution is 2.70. The molecule has 3 bridgehead atoms. The average Bonchev–Trinajstić information content (AvgIpc) is 2.55. The van der Waals surface area contributed by atoms with Crippen LogP contribution in [0.2, 0.25) is 0 Å². The van der Waals surface area contributed by atoms with E-state index in [4.69, 9.17) is 4.74 Å². The summed E-state index contributed by atoms with van der Waals surface area (Å²) >= 11 is 0. The van der Waals surface area contributed by atoms with Gasteiger partial charge >= 0.3 is 5.97 Å². The van der Waals surface area contributed by atoms with Crippen molar-refractivity contribution in [2.24, 2.45) is 17.3 Å². The van der Waals surface area contributed by atoms with Gasteiger partial charge in [-0.05, 0) is 38.7 Å². The standard InChI is InChI=1S/C16H19NO4/c1-14-8-15-9-3-2-6-17(15)12(18)4-5-16(15,20)11(14)7-10(9)21-13(14)19/h4-5,9-11,20H,2-3,6-8H2,1H3. The van der Waals surface area contributed by atoms with E-state index in [1.165, 1.54) is 6.08 Å². The van der Waals surface area contributed by atoms with Crippen molar-refractivity contribution in [1.29, 1.82) is 0 Å². The van der Waals surface area contributed by atoms with Gasteiger partial charge in [-0.2, -0.15) is 0 Å². The van der Waals surface area contributed by atoms with Gasteiger partial charge in [-0.15, -0.1) is 0 Å². The molecular formula is C16H19NO4. The van der Waals surface area contributed by atoms with E-state index in [9.17, 15) is 14.7 Å². The number of rotatable bonds is 0. The Kier molecular flexibility index (Phi) is 1.85. The molecule has 2 saturated carbocycles. The highest BCUT2D eigenvalue weighted by Gasteiger charge is 2.81. The number of aliphatic hydroxyl groups is 1. The number of ether oxygens (including phenoxy) is 1. The predicted octanol–water partition coefficient (Wildman–Crippen LogP) is 0.620. The molecule has 0 aromatic heterocycles. The van der Waals surface area contributed by atoms with Gasteiger partial charge in [0.2, 0.25) is 5.91 Å². The second-order valence-electron chi connectivity index (χ2n) is 7.65. The summed E-state index contributed by atoms with van der Waals surface area (Å²) in [4.78, 5) is 26.8. The molecule has 2 saturated heterocycles. The maximum atomic E-state index is 12.5. The quantitative estimate of drug-likeness (QED) is 0.664. The lowest BCUT2D eigenvalue weighted by atomic mass is 9.56. The first kappa shape index (κ1) is 12.2. The predicted molar refractivity (Wildman–Crippen MR) is 72.0 cm³/mol. The number of hydrogen-bond acceptors (Lipinski definition) is 4. The van der Waals surface area contributed by atoms with Gasteiger partial charge in [0.25, 0.3) is 0 Å². The summed E-state index contributed by atoms with van der Waals surface area (Å²) < 4.78 is 5.71. The van der Waals surface area contributed by atoms with Gasteiger partial charge < -0.3 is 14.7 Å². The van der Waals surface area contributed by atoms with Crippen molar-refractivity contribution < 1.29 is 19.4 Å². The van der Waals surface area contributed by atoms with Gasteiger partial charge in [-0.25, -0.2) is 0 Å². The summed E-state index contributed by atoms with van der Waals surface area (Å²) in [5.74, 6) is -0.286. The molecule has 21 heavy (non-hydrogen) atoms. The Labute approximate surface area is 122 Å². The molecule has 0 aromatic carbocycles. The van der Waals surface area contributed by atoms with Crippen LogP contribution < -0.4 is 0 Å². The Morgan fingerprint density at radius 3 is 3.05 bits per heavy atom. The lowest BCUT2D eigenvalue weighted by Crippen LogP contribution is -2.75. The lowest BCUT2D eigenvalue weighted by Gasteiger charge is -2.62. The first-order valence-electron chi connectivity index (χ1n) is 7.88. The van der Waals surface area contributed by atoms with E-state index in [0.717, 1.165) is 19.3 Å². The van der Waals surface area contributed by atoms with Crippen LogP contribution in [0.25, 0.3) is 0 Å². The van der Waals surface area contributed by atoms with Crippen molar-refractivity contribution in [3.05, 3.63) is 12.2 Å². The zero-order chi connectivity index (χ0) is 14.6. The normalized spacial score (nSPS) is 56.5. The number of carbonyl (C=O) groups excluding carboxylic acids is 2. The second kappa shape index (κ2) is 3.19. The van der Waals surface area contributed by atoms with E-state index >= 15 is 0 Å². The van der Waals surface area contributed by atoms with E-state index in [-0.39, 0.29) is 29.8 Å². The van der Waals surface area contributed by atoms with Gasteiger partial charge in [0.05, 0.1) is 11.0 Å². The van der Waals surface area contributed by atoms with Gasteiger partial charge in [-0.3, -0.25) is 9.59 Å². The van der Waals surface area contributed by atoms with Crippen LogP contribution in [0.15, 0.2) is 12.2 Å². The molecule has 1 amide bonds. The Balaban J connectivity index is 1.83. The van der Waals surface area contributed by atoms with E-state index < -0.39 is 16.6 Å². The third-order valence-electron chi connectivity index (χ3n) is 7.01. The molecule has 4 fully saturated rings. The molecule has 0 aromatic rings. The van der Waals surface area contributed by atoms with E-state index in [0.29, 0.717) is 13.0 Å². The average molecular weight is 289 g/mol. The number of fused-ring (bicyclic) bond motifs is 2. The zero-order valence-corrected chi connectivity index (χ0v) is 12.0. The number of amides is 1. The molecular weight excluding hydrogens is 270 g/mol. The summed E-state index contributed by atoms with van der Waals surface area (Å²) in [6.45, 7) is 2.58. The van der Waals surface area contributed by atoms with Gasteiger partial charge in [0.1, 0.15) is 11.7 Å². The van der Waals surface area contributed by atoms with Crippen LogP contribution in [0.4, 0.5) is 0 Å². The summed E-state index contributed by atoms with van der Waals surface area (Å²) in [5.41, 5.74) is -2.38. The van der Waals surface area contributed by atoms with Crippen molar-refractivity contribution in [2.75, 3.05) is 6.54 Å². The van der Waals surface area contributed by atoms with Crippen molar-refractivity contribution in [2.45, 2.75) is 49.9 Å². The molecule has 3 heterocycles. The minimum Gasteiger partial charge on any atom is -0.462 e. The fourth-order valence-electron chi connectivity index (χ4n) is 6.26. The van der Waals surface area contributed by atoms with Crippen LogP contribution in [-0.4, -0.2) is 45.7 Å². The molecule has 5 rings (SSSR count). The summed E-state index contributed by atoms with van der Waals surface area (Å²) in [5, 5.41) is 11.5. The fourth-order valence-corrected chi connectivity index (χ4v) is 6.26. The summed E-state index contributed by atoms with van der Waals surface area (Å²) in [6, 6.07) is 0. The molecule has 3 aliphatic heterocycles. The molecule has 5 nitrogen and oxygen atoms in total. The van der Waals surface area contributed by atoms with Crippen molar-refractivity contribution in [3.63, 3.8) is 0 Å². The van der Waals surface area contributed by atoms with Gasteiger partial charge in [0, 0.05) is 24.5 Å². The van der Waals surface area contributed by atoms with Crippen LogP contribution in [-0.2, 0) is 14.3 Å². The van der Waals surface area contributed by atoms with E-state index in [1.807, 2.05) is 11.8 Å². The highest BCUT2D eigenvalue weighted by atomic mass is 16.5. The molecule has 0 radical (unpaired) electrons. The van der Waals surface area contributed by atoms with Crippen LogP contribution in [0.3, 0.4) is 0 Å². The number of hydrogen-bond donors (Lipinski definition) is 1. The van der Waals surface area contributed by atoms with Crippen molar-refractivity contribution in [3.8, 4) is 0 Å². The molecule has 6 unspecified atom stereocenters. The minimum atomic E-state index is -1.07. The molecule has 1 N–H and O–H groups in total. The summed E-state index contributed by atoms with van der Waals surface area (Å²) in [7, 11) is 0. The monoisotopic (exact) mass is 289 g/mol. The topological polar surface area (TPSA) is 66.8 Å². The van der Waals surface area contributed by atoms with Crippen LogP contribution in [0.5, 0.6) is 0 Å². The second-order valence-corrected chi connectivity index (χ2v) is 7.65. The number of carbonyl (C=O) groups is 2. The third-order valence-corrected chi connectivity index (χ3v) is 7.01. The molecule has 2 aliphatic carbocycles. The maximum Gasteiger partial charge on any atom is 0.312 e. The Bertz CT molecular complexity index is 615. The molecule has 5 heteroatoms. The minimum absolute atomic E-state index is 0.0256. The van der Waals surface area contributed by atoms with E-state index in [1.54, 1.807) is 6.08 Å². The number of esters is 1. The SMILES string of the molecule is CC12CC34C5CCCN3C(=O)C=CC4(O)C1CC5OC2=O. The molecule has 5 aliphatic rings. The van der Waals surface area contributed by atoms with Gasteiger partial charge in [-0.1, -0.05) is 0 Å². The van der Waals surface area contributed by atoms with Crippen LogP contribution in [0, 0.1) is 17.3 Å². The molecule has 6 atom stereocenters. The number of piperidine rings is 1. The van der Waals surface area contributed by atoms with Crippen molar-refractivity contribution >= 4 is 11.9 Å². The molecule has 1 spiro atoms. The van der Waals surface area contributed by atoms with Crippen LogP contribution >= 0.6 is 0 Å². The van der Waals surface area contributed by atoms with Crippen LogP contribution in [0.1, 0.15) is 32.6 Å². The Hall–Kier alpha value is -1.36. The first-order valence-corrected chi connectivity index (χ1v) is 7.88. The Morgan fingerprint density at radius 1 is 1.43 bits per heavy atom. The maximum absolute atomic E-state index is 12.5. The zero-order valence-electron chi connectivity index (χ0n) is 12.0. The Morgan fingerprint density at radius 2 is 2.24 bits per heavy atom. The fraction of sp³-hybridized carbons (Fsp3) is 0.750. The third kappa shape index (κ3) is 1.01. The lowest BCUT2D eigenvalue weighted by molar-refractivity contribution is -0.220. The van der Waals surface area contributed by atoms with Crippen molar-refractivity contribution in [1.82, 2.24) is 4.90 Å². The first-order chi connectivity index (χ1) is 9.93. The largest absolute Gasteiger partial charge is 0.462 e. The van der Waals surface area contributed by atoms with E-state index in [2.05, 4.69) is 0 Å². The molecule has 112 valence electrons. The highest BCUT2D eigenvalue weighted by molar-refractivity contribution is 5.92. The van der Waals surface area contributed by atoms with Gasteiger partial charge in [0.15, 0.2) is 0 Å². The number of nitrogens with zero attached hydrogens (tertiary/aromatic N) is 1.